The highest BCUT2D eigenvalue weighted by Crippen LogP contribution is 2.32. The molecule has 2 aromatic carbocycles. The van der Waals surface area contributed by atoms with Crippen molar-refractivity contribution in [1.82, 2.24) is 0 Å². The molecule has 0 radical (unpaired) electrons. The molecule has 0 N–H and O–H groups in total. The van der Waals surface area contributed by atoms with Crippen LogP contribution in [0.4, 0.5) is 5.69 Å². The number of anilines is 1. The second-order valence-electron chi connectivity index (χ2n) is 5.18. The number of para-hydroxylation sites is 1. The molecule has 1 aliphatic heterocycles. The average molecular weight is 336 g/mol. The molecule has 0 fully saturated rings. The number of sulfonamides is 1. The predicted octanol–water partition coefficient (Wildman–Crippen LogP) is 3.43. The smallest absolute Gasteiger partial charge is 0.264 e. The summed E-state index contributed by atoms with van der Waals surface area (Å²) in [6.45, 7) is 1.96. The third-order valence-electron chi connectivity index (χ3n) is 3.75. The van der Waals surface area contributed by atoms with Crippen molar-refractivity contribution in [2.24, 2.45) is 0 Å². The minimum Gasteiger partial charge on any atom is -0.294 e. The third-order valence-corrected chi connectivity index (χ3v) is 5.96. The molecule has 3 rings (SSSR count). The number of halogens is 1. The molecule has 0 atom stereocenters. The van der Waals surface area contributed by atoms with Crippen LogP contribution >= 0.6 is 11.6 Å². The van der Waals surface area contributed by atoms with Gasteiger partial charge >= 0.3 is 0 Å². The van der Waals surface area contributed by atoms with E-state index in [0.717, 1.165) is 5.56 Å². The minimum absolute atomic E-state index is 0.0380. The summed E-state index contributed by atoms with van der Waals surface area (Å²) in [6.07, 6.45) is 0.176. The van der Waals surface area contributed by atoms with E-state index in [1.165, 1.54) is 16.4 Å². The van der Waals surface area contributed by atoms with Crippen molar-refractivity contribution in [2.45, 2.75) is 18.2 Å². The first kappa shape index (κ1) is 15.1. The fourth-order valence-corrected chi connectivity index (χ4v) is 4.25. The first-order valence-electron chi connectivity index (χ1n) is 6.82. The standard InChI is InChI=1S/C16H14ClNO3S/c1-11-6-7-12(10-14(11)17)22(20,21)18-9-8-16(19)13-4-2-3-5-15(13)18/h2-7,10H,8-9H2,1H3. The van der Waals surface area contributed by atoms with Crippen molar-refractivity contribution < 1.29 is 13.2 Å². The summed E-state index contributed by atoms with van der Waals surface area (Å²) < 4.78 is 27.0. The molecule has 0 unspecified atom stereocenters. The molecule has 0 spiro atoms. The van der Waals surface area contributed by atoms with E-state index in [2.05, 4.69) is 0 Å². The van der Waals surface area contributed by atoms with E-state index in [1.54, 1.807) is 30.3 Å². The van der Waals surface area contributed by atoms with Gasteiger partial charge in [-0.3, -0.25) is 9.10 Å². The van der Waals surface area contributed by atoms with E-state index in [4.69, 9.17) is 11.6 Å². The third kappa shape index (κ3) is 2.40. The number of fused-ring (bicyclic) bond motifs is 1. The molecule has 1 heterocycles. The van der Waals surface area contributed by atoms with Crippen LogP contribution in [0, 0.1) is 6.92 Å². The fraction of sp³-hybridized carbons (Fsp3) is 0.188. The summed E-state index contributed by atoms with van der Waals surface area (Å²) in [7, 11) is -3.74. The molecular formula is C16H14ClNO3S. The van der Waals surface area contributed by atoms with Crippen molar-refractivity contribution in [3.8, 4) is 0 Å². The topological polar surface area (TPSA) is 54.5 Å². The Morgan fingerprint density at radius 2 is 1.86 bits per heavy atom. The Balaban J connectivity index is 2.12. The second kappa shape index (κ2) is 5.41. The Kier molecular flexibility index (Phi) is 3.70. The van der Waals surface area contributed by atoms with E-state index in [9.17, 15) is 13.2 Å². The van der Waals surface area contributed by atoms with Gasteiger partial charge in [0.05, 0.1) is 10.6 Å². The van der Waals surface area contributed by atoms with Gasteiger partial charge in [-0.2, -0.15) is 0 Å². The number of Topliss-reactive ketones (excluding diaryl/α,β-unsaturated/α-hetero) is 1. The highest BCUT2D eigenvalue weighted by molar-refractivity contribution is 7.92. The molecule has 22 heavy (non-hydrogen) atoms. The van der Waals surface area contributed by atoms with Crippen molar-refractivity contribution >= 4 is 33.1 Å². The molecule has 114 valence electrons. The Labute approximate surface area is 134 Å². The number of benzene rings is 2. The zero-order chi connectivity index (χ0) is 15.9. The summed E-state index contributed by atoms with van der Waals surface area (Å²) in [5.74, 6) is -0.0380. The highest BCUT2D eigenvalue weighted by Gasteiger charge is 2.32. The van der Waals surface area contributed by atoms with Crippen LogP contribution in [0.5, 0.6) is 0 Å². The van der Waals surface area contributed by atoms with Crippen LogP contribution in [-0.4, -0.2) is 20.7 Å². The number of carbonyl (C=O) groups excluding carboxylic acids is 1. The molecule has 0 aromatic heterocycles. The molecule has 0 amide bonds. The minimum atomic E-state index is -3.74. The second-order valence-corrected chi connectivity index (χ2v) is 7.45. The lowest BCUT2D eigenvalue weighted by Crippen LogP contribution is -2.37. The largest absolute Gasteiger partial charge is 0.294 e. The van der Waals surface area contributed by atoms with Crippen LogP contribution < -0.4 is 4.31 Å². The molecule has 0 aliphatic carbocycles. The zero-order valence-corrected chi connectivity index (χ0v) is 13.5. The van der Waals surface area contributed by atoms with Crippen LogP contribution in [0.15, 0.2) is 47.4 Å². The normalized spacial score (nSPS) is 14.8. The predicted molar refractivity (Wildman–Crippen MR) is 86.1 cm³/mol. The van der Waals surface area contributed by atoms with Gasteiger partial charge < -0.3 is 0 Å². The van der Waals surface area contributed by atoms with Crippen LogP contribution in [0.25, 0.3) is 0 Å². The molecular weight excluding hydrogens is 322 g/mol. The van der Waals surface area contributed by atoms with Crippen molar-refractivity contribution in [3.05, 3.63) is 58.6 Å². The van der Waals surface area contributed by atoms with Gasteiger partial charge in [-0.15, -0.1) is 0 Å². The number of hydrogen-bond donors (Lipinski definition) is 0. The summed E-state index contributed by atoms with van der Waals surface area (Å²) in [4.78, 5) is 12.1. The van der Waals surface area contributed by atoms with Crippen LogP contribution in [0.3, 0.4) is 0 Å². The molecule has 0 saturated heterocycles. The highest BCUT2D eigenvalue weighted by atomic mass is 35.5. The van der Waals surface area contributed by atoms with Gasteiger partial charge in [0.25, 0.3) is 10.0 Å². The van der Waals surface area contributed by atoms with E-state index < -0.39 is 10.0 Å². The Bertz CT molecular complexity index is 861. The van der Waals surface area contributed by atoms with Gasteiger partial charge in [0.2, 0.25) is 0 Å². The maximum atomic E-state index is 12.9. The quantitative estimate of drug-likeness (QED) is 0.844. The molecule has 0 saturated carbocycles. The average Bonchev–Trinajstić information content (AvgIpc) is 2.50. The first-order chi connectivity index (χ1) is 10.4. The number of hydrogen-bond acceptors (Lipinski definition) is 3. The fourth-order valence-electron chi connectivity index (χ4n) is 2.50. The first-order valence-corrected chi connectivity index (χ1v) is 8.64. The number of carbonyl (C=O) groups is 1. The molecule has 1 aliphatic rings. The van der Waals surface area contributed by atoms with Crippen molar-refractivity contribution in [3.63, 3.8) is 0 Å². The van der Waals surface area contributed by atoms with E-state index in [0.29, 0.717) is 16.3 Å². The summed E-state index contributed by atoms with van der Waals surface area (Å²) in [5, 5.41) is 0.405. The Hall–Kier alpha value is -1.85. The maximum absolute atomic E-state index is 12.9. The summed E-state index contributed by atoms with van der Waals surface area (Å²) >= 11 is 6.05. The van der Waals surface area contributed by atoms with Gasteiger partial charge in [0, 0.05) is 23.6 Å². The van der Waals surface area contributed by atoms with Crippen molar-refractivity contribution in [2.75, 3.05) is 10.8 Å². The summed E-state index contributed by atoms with van der Waals surface area (Å²) in [5.41, 5.74) is 1.68. The molecule has 2 aromatic rings. The SMILES string of the molecule is Cc1ccc(S(=O)(=O)N2CCC(=O)c3ccccc32)cc1Cl. The van der Waals surface area contributed by atoms with E-state index in [-0.39, 0.29) is 23.6 Å². The zero-order valence-electron chi connectivity index (χ0n) is 11.9. The Morgan fingerprint density at radius 3 is 2.59 bits per heavy atom. The van der Waals surface area contributed by atoms with Crippen molar-refractivity contribution in [1.29, 1.82) is 0 Å². The summed E-state index contributed by atoms with van der Waals surface area (Å²) in [6, 6.07) is 11.4. The number of nitrogens with zero attached hydrogens (tertiary/aromatic N) is 1. The lowest BCUT2D eigenvalue weighted by molar-refractivity contribution is 0.0982. The van der Waals surface area contributed by atoms with E-state index >= 15 is 0 Å². The van der Waals surface area contributed by atoms with Crippen LogP contribution in [-0.2, 0) is 10.0 Å². The van der Waals surface area contributed by atoms with Gasteiger partial charge in [-0.25, -0.2) is 8.42 Å². The van der Waals surface area contributed by atoms with Gasteiger partial charge in [0.1, 0.15) is 0 Å². The maximum Gasteiger partial charge on any atom is 0.264 e. The monoisotopic (exact) mass is 335 g/mol. The van der Waals surface area contributed by atoms with Crippen LogP contribution in [0.1, 0.15) is 22.3 Å². The van der Waals surface area contributed by atoms with Gasteiger partial charge in [0.15, 0.2) is 5.78 Å². The van der Waals surface area contributed by atoms with Gasteiger partial charge in [-0.1, -0.05) is 29.8 Å². The number of ketones is 1. The molecule has 4 nitrogen and oxygen atoms in total. The Morgan fingerprint density at radius 1 is 1.14 bits per heavy atom. The molecule has 6 heteroatoms. The number of rotatable bonds is 2. The lowest BCUT2D eigenvalue weighted by atomic mass is 10.0. The van der Waals surface area contributed by atoms with Crippen LogP contribution in [0.2, 0.25) is 5.02 Å². The lowest BCUT2D eigenvalue weighted by Gasteiger charge is -2.29. The number of aryl methyl sites for hydroxylation is 1. The molecule has 0 bridgehead atoms. The van der Waals surface area contributed by atoms with E-state index in [1.807, 2.05) is 6.92 Å². The van der Waals surface area contributed by atoms with Gasteiger partial charge in [-0.05, 0) is 36.8 Å².